The number of hydrogen-bond acceptors (Lipinski definition) is 4. The predicted molar refractivity (Wildman–Crippen MR) is 299 cm³/mol. The Morgan fingerprint density at radius 3 is 1.87 bits per heavy atom. The molecule has 2 aromatic heterocycles. The van der Waals surface area contributed by atoms with E-state index in [0.717, 1.165) is 67.3 Å². The highest BCUT2D eigenvalue weighted by molar-refractivity contribution is 6.09. The molecule has 0 aliphatic carbocycles. The molecular formula is C66H60N4O. The number of aromatic nitrogens is 2. The van der Waals surface area contributed by atoms with Gasteiger partial charge in [0.05, 0.1) is 42.0 Å². The van der Waals surface area contributed by atoms with Crippen LogP contribution in [0.3, 0.4) is 0 Å². The van der Waals surface area contributed by atoms with Crippen molar-refractivity contribution in [1.82, 2.24) is 9.55 Å². The molecule has 71 heavy (non-hydrogen) atoms. The van der Waals surface area contributed by atoms with Gasteiger partial charge >= 0.3 is 0 Å². The first-order valence-electron chi connectivity index (χ1n) is 27.6. The second-order valence-corrected chi connectivity index (χ2v) is 22.1. The van der Waals surface area contributed by atoms with Gasteiger partial charge in [-0.3, -0.25) is 4.57 Å². The molecule has 5 heteroatoms. The van der Waals surface area contributed by atoms with Crippen LogP contribution in [0.15, 0.2) is 188 Å². The molecule has 2 aliphatic rings. The van der Waals surface area contributed by atoms with E-state index in [4.69, 9.17) is 12.5 Å². The number of rotatable bonds is 1. The third kappa shape index (κ3) is 7.76. The van der Waals surface area contributed by atoms with Crippen LogP contribution in [0.2, 0.25) is 0 Å². The summed E-state index contributed by atoms with van der Waals surface area (Å²) in [5.74, 6) is 0.945. The number of nitrogens with zero attached hydrogens (tertiary/aromatic N) is 4. The molecule has 0 saturated carbocycles. The van der Waals surface area contributed by atoms with Crippen molar-refractivity contribution in [3.05, 3.63) is 205 Å². The van der Waals surface area contributed by atoms with Gasteiger partial charge in [-0.2, -0.15) is 0 Å². The number of pyridine rings is 1. The molecule has 0 fully saturated rings. The van der Waals surface area contributed by atoms with E-state index in [1.807, 2.05) is 24.3 Å². The van der Waals surface area contributed by atoms with Crippen molar-refractivity contribution in [2.75, 3.05) is 16.5 Å². The van der Waals surface area contributed by atoms with E-state index in [2.05, 4.69) is 193 Å². The summed E-state index contributed by atoms with van der Waals surface area (Å²) in [6.07, 6.45) is 0. The highest BCUT2D eigenvalue weighted by atomic mass is 16.5. The van der Waals surface area contributed by atoms with Gasteiger partial charge in [-0.05, 0) is 128 Å². The predicted octanol–water partition coefficient (Wildman–Crippen LogP) is 18.1. The summed E-state index contributed by atoms with van der Waals surface area (Å²) in [4.78, 5) is 10.2. The van der Waals surface area contributed by atoms with Crippen molar-refractivity contribution >= 4 is 44.6 Å². The quantitative estimate of drug-likeness (QED) is 0.164. The lowest BCUT2D eigenvalue weighted by Crippen LogP contribution is -2.25. The van der Waals surface area contributed by atoms with Crippen LogP contribution in [0.4, 0.5) is 22.7 Å². The Kier molecular flexibility index (Phi) is 8.74. The Labute approximate surface area is 427 Å². The van der Waals surface area contributed by atoms with Gasteiger partial charge < -0.3 is 14.5 Å². The number of fused-ring (bicyclic) bond motifs is 23. The topological polar surface area (TPSA) is 33.5 Å². The fourth-order valence-corrected chi connectivity index (χ4v) is 10.3. The van der Waals surface area contributed by atoms with Crippen molar-refractivity contribution in [3.63, 3.8) is 0 Å². The Morgan fingerprint density at radius 2 is 1.10 bits per heavy atom. The summed E-state index contributed by atoms with van der Waals surface area (Å²) >= 11 is 0. The van der Waals surface area contributed by atoms with Gasteiger partial charge in [0.25, 0.3) is 0 Å². The van der Waals surface area contributed by atoms with E-state index in [1.54, 1.807) is 10.6 Å². The molecule has 0 radical (unpaired) electrons. The van der Waals surface area contributed by atoms with Crippen LogP contribution in [0.5, 0.6) is 11.5 Å². The van der Waals surface area contributed by atoms with E-state index in [-0.39, 0.29) is 57.0 Å². The fourth-order valence-electron chi connectivity index (χ4n) is 10.3. The van der Waals surface area contributed by atoms with E-state index < -0.39 is 17.5 Å². The van der Waals surface area contributed by atoms with E-state index in [1.165, 1.54) is 11.1 Å². The first-order valence-corrected chi connectivity index (χ1v) is 24.6. The van der Waals surface area contributed by atoms with Gasteiger partial charge in [0.1, 0.15) is 24.0 Å². The third-order valence-electron chi connectivity index (χ3n) is 14.2. The minimum Gasteiger partial charge on any atom is -0.457 e. The van der Waals surface area contributed by atoms with Crippen molar-refractivity contribution in [3.8, 4) is 62.0 Å². The molecule has 8 aromatic carbocycles. The van der Waals surface area contributed by atoms with Crippen molar-refractivity contribution in [1.29, 1.82) is 0 Å². The smallest absolute Gasteiger partial charge is 0.138 e. The first-order chi connectivity index (χ1) is 36.6. The molecule has 0 amide bonds. The van der Waals surface area contributed by atoms with Crippen LogP contribution in [0.25, 0.3) is 72.3 Å². The van der Waals surface area contributed by atoms with Gasteiger partial charge in [-0.15, -0.1) is 0 Å². The number of hydrogen-bond donors (Lipinski definition) is 0. The molecule has 5 nitrogen and oxygen atoms in total. The summed E-state index contributed by atoms with van der Waals surface area (Å²) in [5, 5.41) is 0.361. The van der Waals surface area contributed by atoms with Crippen LogP contribution in [-0.2, 0) is 16.2 Å². The second kappa shape index (κ2) is 16.3. The maximum Gasteiger partial charge on any atom is 0.138 e. The molecule has 10 aromatic rings. The van der Waals surface area contributed by atoms with Gasteiger partial charge in [0.2, 0.25) is 0 Å². The van der Waals surface area contributed by atoms with Gasteiger partial charge in [0.15, 0.2) is 0 Å². The number of para-hydroxylation sites is 3. The molecule has 2 aliphatic heterocycles. The van der Waals surface area contributed by atoms with Gasteiger partial charge in [-0.1, -0.05) is 165 Å². The highest BCUT2D eigenvalue weighted by Crippen LogP contribution is 2.53. The first kappa shape index (κ1) is 37.9. The van der Waals surface area contributed by atoms with Crippen molar-refractivity contribution in [2.24, 2.45) is 0 Å². The number of ether oxygens (including phenoxy) is 1. The van der Waals surface area contributed by atoms with E-state index in [9.17, 15) is 5.48 Å². The monoisotopic (exact) mass is 931 g/mol. The molecule has 10 bridgehead atoms. The zero-order valence-electron chi connectivity index (χ0n) is 47.8. The fraction of sp³-hybridized carbons (Fsp3) is 0.197. The maximum absolute atomic E-state index is 9.64. The Bertz CT molecular complexity index is 4100. The van der Waals surface area contributed by atoms with Crippen LogP contribution in [0, 0.1) is 0 Å². The van der Waals surface area contributed by atoms with Crippen LogP contribution < -0.4 is 14.5 Å². The normalized spacial score (nSPS) is 14.6. The lowest BCUT2D eigenvalue weighted by atomic mass is 9.80. The highest BCUT2D eigenvalue weighted by Gasteiger charge is 2.34. The zero-order chi connectivity index (χ0) is 54.2. The molecule has 0 saturated heterocycles. The SMILES string of the molecule is [2H]c1c2cc3c(c1[2H])c1c([2H])c([2H])c([2H])c([2H])c1n3-c1cc(C(C)(C)C)cc(n1)-c1cccc(c1)-c1ccccc1-c1cc(C(C)(C)C)cc(-c3cccc(C(C)(C)C)c3)c1N1CN(c3cccc(c3)O2)c2ccccc21. The minimum atomic E-state index is -0.419. The lowest BCUT2D eigenvalue weighted by molar-refractivity contribution is 0.483. The molecule has 12 rings (SSSR count). The molecule has 0 atom stereocenters. The minimum absolute atomic E-state index is 0.0932. The summed E-state index contributed by atoms with van der Waals surface area (Å²) in [7, 11) is 0. The molecule has 0 unspecified atom stereocenters. The summed E-state index contributed by atoms with van der Waals surface area (Å²) in [6, 6.07) is 51.3. The zero-order valence-corrected chi connectivity index (χ0v) is 41.8. The lowest BCUT2D eigenvalue weighted by Gasteiger charge is -2.31. The van der Waals surface area contributed by atoms with Crippen LogP contribution in [0.1, 0.15) is 87.2 Å². The Morgan fingerprint density at radius 1 is 0.465 bits per heavy atom. The summed E-state index contributed by atoms with van der Waals surface area (Å²) < 4.78 is 64.0. The summed E-state index contributed by atoms with van der Waals surface area (Å²) in [5.41, 5.74) is 15.2. The average Bonchev–Trinajstić information content (AvgIpc) is 4.06. The third-order valence-corrected chi connectivity index (χ3v) is 14.2. The molecule has 0 spiro atoms. The average molecular weight is 931 g/mol. The summed E-state index contributed by atoms with van der Waals surface area (Å²) in [6.45, 7) is 20.5. The van der Waals surface area contributed by atoms with Gasteiger partial charge in [-0.25, -0.2) is 4.98 Å². The second-order valence-electron chi connectivity index (χ2n) is 22.1. The van der Waals surface area contributed by atoms with Crippen LogP contribution >= 0.6 is 0 Å². The molecule has 350 valence electrons. The Balaban J connectivity index is 1.21. The molecular weight excluding hydrogens is 865 g/mol. The standard InChI is InChI=1S/C66H60N4O/c1-64(2,3)45-22-17-20-43(34-45)55-35-46(65(4,5)6)36-56-52-26-11-10-25-51(52)42-19-16-21-44(33-42)57-37-47(66(7,8)9)38-62(67-57)70-58-28-13-12-27-53(58)54-32-31-50(40-61(54)70)71-49-24-18-23-48(39-49)68-41-69(63(55)56)60-30-15-14-29-59(60)68/h10-40H,41H2,1-9H3/i12D,13D,27D,28D,31D,32D. The van der Waals surface area contributed by atoms with E-state index in [0.29, 0.717) is 29.4 Å². The van der Waals surface area contributed by atoms with Gasteiger partial charge in [0, 0.05) is 45.3 Å². The van der Waals surface area contributed by atoms with Crippen molar-refractivity contribution < 1.29 is 13.0 Å². The maximum atomic E-state index is 9.64. The number of anilines is 4. The number of benzene rings is 8. The Hall–Kier alpha value is -7.89. The largest absolute Gasteiger partial charge is 0.457 e. The molecule has 0 N–H and O–H groups in total. The molecule has 4 heterocycles. The van der Waals surface area contributed by atoms with Crippen molar-refractivity contribution in [2.45, 2.75) is 78.6 Å². The van der Waals surface area contributed by atoms with Crippen LogP contribution in [-0.4, -0.2) is 16.2 Å². The van der Waals surface area contributed by atoms with E-state index >= 15 is 0 Å².